The molecule has 3 aliphatic heterocycles. The number of piperazine rings is 1. The van der Waals surface area contributed by atoms with Crippen LogP contribution in [0, 0.1) is 11.7 Å². The van der Waals surface area contributed by atoms with Gasteiger partial charge in [0.1, 0.15) is 6.04 Å². The molecule has 3 aliphatic rings. The van der Waals surface area contributed by atoms with Gasteiger partial charge in [-0.2, -0.15) is 0 Å². The van der Waals surface area contributed by atoms with Crippen LogP contribution in [0.1, 0.15) is 39.5 Å². The Hall–Kier alpha value is -1.97. The molecule has 32 heavy (non-hydrogen) atoms. The van der Waals surface area contributed by atoms with Crippen LogP contribution in [0.25, 0.3) is 0 Å². The van der Waals surface area contributed by atoms with Gasteiger partial charge in [-0.15, -0.1) is 12.4 Å². The molecule has 3 fully saturated rings. The summed E-state index contributed by atoms with van der Waals surface area (Å²) in [6.45, 7) is 10.1. The van der Waals surface area contributed by atoms with E-state index in [9.17, 15) is 14.0 Å². The van der Waals surface area contributed by atoms with Crippen molar-refractivity contribution in [3.63, 3.8) is 0 Å². The number of nitrogens with zero attached hydrogens (tertiary/aromatic N) is 3. The average molecular weight is 469 g/mol. The van der Waals surface area contributed by atoms with E-state index < -0.39 is 11.9 Å². The van der Waals surface area contributed by atoms with Gasteiger partial charge in [0.15, 0.2) is 11.6 Å². The maximum Gasteiger partial charge on any atom is 0.249 e. The molecule has 3 N–H and O–H groups in total. The molecule has 8 nitrogen and oxygen atoms in total. The quantitative estimate of drug-likeness (QED) is 0.567. The number of imide groups is 1. The summed E-state index contributed by atoms with van der Waals surface area (Å²) in [5, 5.41) is 8.72. The van der Waals surface area contributed by atoms with Crippen molar-refractivity contribution in [2.24, 2.45) is 5.92 Å². The fourth-order valence-corrected chi connectivity index (χ4v) is 5.06. The first-order valence-corrected chi connectivity index (χ1v) is 11.3. The molecule has 178 valence electrons. The summed E-state index contributed by atoms with van der Waals surface area (Å²) < 4.78 is 14.9. The molecule has 0 bridgehead atoms. The van der Waals surface area contributed by atoms with E-state index in [1.807, 2.05) is 4.90 Å². The summed E-state index contributed by atoms with van der Waals surface area (Å²) in [4.78, 5) is 32.1. The van der Waals surface area contributed by atoms with Crippen molar-refractivity contribution in [3.05, 3.63) is 18.1 Å². The zero-order chi connectivity index (χ0) is 22.0. The molecule has 2 amide bonds. The molecule has 3 saturated heterocycles. The van der Waals surface area contributed by atoms with E-state index in [1.165, 1.54) is 18.9 Å². The summed E-state index contributed by atoms with van der Waals surface area (Å²) >= 11 is 0. The summed E-state index contributed by atoms with van der Waals surface area (Å²) in [5.74, 6) is -0.0253. The van der Waals surface area contributed by atoms with Gasteiger partial charge in [0.05, 0.1) is 11.9 Å². The number of aromatic nitrogens is 1. The molecule has 0 saturated carbocycles. The third kappa shape index (κ3) is 5.32. The molecule has 1 aromatic rings. The summed E-state index contributed by atoms with van der Waals surface area (Å²) in [7, 11) is 0. The van der Waals surface area contributed by atoms with Gasteiger partial charge in [0.25, 0.3) is 0 Å². The minimum absolute atomic E-state index is 0. The molecule has 0 aliphatic carbocycles. The summed E-state index contributed by atoms with van der Waals surface area (Å²) in [5.41, 5.74) is 0.581. The van der Waals surface area contributed by atoms with Gasteiger partial charge < -0.3 is 15.5 Å². The number of halogens is 2. The van der Waals surface area contributed by atoms with Crippen LogP contribution in [0.5, 0.6) is 0 Å². The van der Waals surface area contributed by atoms with Gasteiger partial charge in [0, 0.05) is 44.2 Å². The fourth-order valence-electron chi connectivity index (χ4n) is 5.06. The van der Waals surface area contributed by atoms with Crippen LogP contribution in [-0.4, -0.2) is 72.5 Å². The number of pyridine rings is 1. The second-order valence-electron chi connectivity index (χ2n) is 9.33. The molecule has 0 radical (unpaired) electrons. The minimum atomic E-state index is -0.550. The number of amides is 2. The Kier molecular flexibility index (Phi) is 7.95. The number of nitrogens with one attached hydrogen (secondary N) is 3. The van der Waals surface area contributed by atoms with E-state index in [0.29, 0.717) is 23.8 Å². The van der Waals surface area contributed by atoms with E-state index in [-0.39, 0.29) is 36.2 Å². The Morgan fingerprint density at radius 3 is 2.44 bits per heavy atom. The molecule has 10 heteroatoms. The van der Waals surface area contributed by atoms with Crippen LogP contribution < -0.4 is 20.9 Å². The Morgan fingerprint density at radius 1 is 1.12 bits per heavy atom. The van der Waals surface area contributed by atoms with Crippen molar-refractivity contribution < 1.29 is 14.0 Å². The first-order valence-electron chi connectivity index (χ1n) is 11.3. The van der Waals surface area contributed by atoms with Crippen LogP contribution in [0.2, 0.25) is 0 Å². The molecule has 4 rings (SSSR count). The van der Waals surface area contributed by atoms with Crippen LogP contribution in [0.4, 0.5) is 15.9 Å². The number of hydrogen-bond donors (Lipinski definition) is 3. The highest BCUT2D eigenvalue weighted by molar-refractivity contribution is 6.01. The summed E-state index contributed by atoms with van der Waals surface area (Å²) in [6, 6.07) is 0.836. The average Bonchev–Trinajstić information content (AvgIpc) is 2.77. The molecule has 4 heterocycles. The highest BCUT2D eigenvalue weighted by Crippen LogP contribution is 2.32. The van der Waals surface area contributed by atoms with E-state index in [1.54, 1.807) is 6.20 Å². The Morgan fingerprint density at radius 2 is 1.81 bits per heavy atom. The molecule has 0 spiro atoms. The monoisotopic (exact) mass is 468 g/mol. The lowest BCUT2D eigenvalue weighted by Crippen LogP contribution is -2.59. The Labute approximate surface area is 195 Å². The Balaban J connectivity index is 0.00000289. The molecule has 0 aromatic carbocycles. The second-order valence-corrected chi connectivity index (χ2v) is 9.33. The molecule has 1 atom stereocenters. The standard InChI is InChI=1S/C22H33FN6O2.ClH/c1-22(2,15-5-7-24-8-6-15)29-11-9-28(10-12-29)20-17(23)13-16(14-25-20)26-18-3-4-19(30)27-21(18)31;/h13-15,18,24,26H,3-12H2,1-2H3,(H,27,30,31);1H. The van der Waals surface area contributed by atoms with Gasteiger partial charge in [-0.1, -0.05) is 0 Å². The number of hydrogen-bond acceptors (Lipinski definition) is 7. The van der Waals surface area contributed by atoms with Gasteiger partial charge in [-0.25, -0.2) is 9.37 Å². The fraction of sp³-hybridized carbons (Fsp3) is 0.682. The third-order valence-electron chi connectivity index (χ3n) is 7.13. The topological polar surface area (TPSA) is 89.6 Å². The predicted octanol–water partition coefficient (Wildman–Crippen LogP) is 1.76. The zero-order valence-electron chi connectivity index (χ0n) is 18.8. The molecule has 1 aromatic heterocycles. The van der Waals surface area contributed by atoms with E-state index in [0.717, 1.165) is 39.3 Å². The number of rotatable bonds is 5. The Bertz CT molecular complexity index is 825. The lowest BCUT2D eigenvalue weighted by Gasteiger charge is -2.49. The van der Waals surface area contributed by atoms with Crippen molar-refractivity contribution in [1.82, 2.24) is 20.5 Å². The van der Waals surface area contributed by atoms with E-state index >= 15 is 0 Å². The lowest BCUT2D eigenvalue weighted by atomic mass is 9.79. The van der Waals surface area contributed by atoms with Crippen LogP contribution in [-0.2, 0) is 9.59 Å². The molecular weight excluding hydrogens is 435 g/mol. The third-order valence-corrected chi connectivity index (χ3v) is 7.13. The number of carbonyl (C=O) groups is 2. The maximum atomic E-state index is 14.9. The van der Waals surface area contributed by atoms with Gasteiger partial charge >= 0.3 is 0 Å². The van der Waals surface area contributed by atoms with Crippen molar-refractivity contribution in [2.75, 3.05) is 49.5 Å². The SMILES string of the molecule is CC(C)(C1CCNCC1)N1CCN(c2ncc(NC3CCC(=O)NC3=O)cc2F)CC1.Cl. The highest BCUT2D eigenvalue weighted by Gasteiger charge is 2.37. The largest absolute Gasteiger partial charge is 0.372 e. The van der Waals surface area contributed by atoms with E-state index in [2.05, 4.69) is 39.7 Å². The highest BCUT2D eigenvalue weighted by atomic mass is 35.5. The van der Waals surface area contributed by atoms with Crippen LogP contribution in [0.3, 0.4) is 0 Å². The lowest BCUT2D eigenvalue weighted by molar-refractivity contribution is -0.133. The number of anilines is 2. The zero-order valence-corrected chi connectivity index (χ0v) is 19.6. The second kappa shape index (κ2) is 10.3. The van der Waals surface area contributed by atoms with Crippen LogP contribution >= 0.6 is 12.4 Å². The first-order chi connectivity index (χ1) is 14.8. The minimum Gasteiger partial charge on any atom is -0.372 e. The number of carbonyl (C=O) groups excluding carboxylic acids is 2. The van der Waals surface area contributed by atoms with Gasteiger partial charge in [0.2, 0.25) is 11.8 Å². The maximum absolute atomic E-state index is 14.9. The van der Waals surface area contributed by atoms with Crippen LogP contribution in [0.15, 0.2) is 12.3 Å². The smallest absolute Gasteiger partial charge is 0.249 e. The van der Waals surface area contributed by atoms with Gasteiger partial charge in [-0.3, -0.25) is 19.8 Å². The van der Waals surface area contributed by atoms with Crippen molar-refractivity contribution in [1.29, 1.82) is 0 Å². The molecular formula is C22H34ClFN6O2. The van der Waals surface area contributed by atoms with E-state index in [4.69, 9.17) is 0 Å². The first kappa shape index (κ1) is 24.7. The van der Waals surface area contributed by atoms with Gasteiger partial charge in [-0.05, 0) is 52.1 Å². The summed E-state index contributed by atoms with van der Waals surface area (Å²) in [6.07, 6.45) is 4.63. The van der Waals surface area contributed by atoms with Crippen molar-refractivity contribution in [2.45, 2.75) is 51.1 Å². The molecule has 1 unspecified atom stereocenters. The predicted molar refractivity (Wildman–Crippen MR) is 125 cm³/mol. The number of piperidine rings is 2. The van der Waals surface area contributed by atoms with Crippen molar-refractivity contribution in [3.8, 4) is 0 Å². The normalized spacial score (nSPS) is 23.5. The van der Waals surface area contributed by atoms with Crippen molar-refractivity contribution >= 4 is 35.7 Å².